The molecule has 1 aromatic carbocycles. The molecular formula is C10H10N2O2S. The van der Waals surface area contributed by atoms with Crippen molar-refractivity contribution in [2.24, 2.45) is 5.14 Å². The average Bonchev–Trinajstić information content (AvgIpc) is 2.15. The maximum atomic E-state index is 11.3. The Kier molecular flexibility index (Phi) is 2.21. The second kappa shape index (κ2) is 3.29. The Labute approximate surface area is 87.8 Å². The van der Waals surface area contributed by atoms with Crippen LogP contribution in [0.5, 0.6) is 0 Å². The third kappa shape index (κ3) is 1.84. The molecule has 1 heterocycles. The topological polar surface area (TPSA) is 73.1 Å². The molecule has 0 aliphatic carbocycles. The first kappa shape index (κ1) is 10.1. The predicted molar refractivity (Wildman–Crippen MR) is 57.9 cm³/mol. The summed E-state index contributed by atoms with van der Waals surface area (Å²) < 4.78 is 22.6. The van der Waals surface area contributed by atoms with Crippen LogP contribution in [0, 0.1) is 6.92 Å². The Balaban J connectivity index is 2.89. The van der Waals surface area contributed by atoms with Crippen molar-refractivity contribution in [3.05, 3.63) is 36.0 Å². The third-order valence-electron chi connectivity index (χ3n) is 2.14. The highest BCUT2D eigenvalue weighted by Crippen LogP contribution is 2.20. The predicted octanol–water partition coefficient (Wildman–Crippen LogP) is 1.19. The standard InChI is InChI=1S/C10H10N2O2S/c1-7-5-6-8-9(12-7)3-2-4-10(8)15(11,13)14/h2-6H,1H3,(H2,11,13,14). The van der Waals surface area contributed by atoms with Gasteiger partial charge in [0.25, 0.3) is 0 Å². The number of hydrogen-bond acceptors (Lipinski definition) is 3. The van der Waals surface area contributed by atoms with Crippen molar-refractivity contribution < 1.29 is 8.42 Å². The molecule has 1 aromatic heterocycles. The van der Waals surface area contributed by atoms with Gasteiger partial charge in [0, 0.05) is 11.1 Å². The number of primary sulfonamides is 1. The summed E-state index contributed by atoms with van der Waals surface area (Å²) in [5.74, 6) is 0. The maximum absolute atomic E-state index is 11.3. The van der Waals surface area contributed by atoms with Gasteiger partial charge in [-0.3, -0.25) is 4.98 Å². The molecule has 5 heteroatoms. The number of benzene rings is 1. The van der Waals surface area contributed by atoms with Crippen LogP contribution in [-0.2, 0) is 10.0 Å². The minimum atomic E-state index is -3.68. The number of rotatable bonds is 1. The molecule has 0 aliphatic heterocycles. The van der Waals surface area contributed by atoms with Gasteiger partial charge >= 0.3 is 0 Å². The minimum Gasteiger partial charge on any atom is -0.253 e. The molecule has 0 radical (unpaired) electrons. The quantitative estimate of drug-likeness (QED) is 0.787. The average molecular weight is 222 g/mol. The summed E-state index contributed by atoms with van der Waals surface area (Å²) in [5.41, 5.74) is 1.48. The van der Waals surface area contributed by atoms with E-state index in [1.807, 2.05) is 6.92 Å². The smallest absolute Gasteiger partial charge is 0.238 e. The first-order chi connectivity index (χ1) is 6.98. The molecule has 0 saturated heterocycles. The number of sulfonamides is 1. The van der Waals surface area contributed by atoms with Crippen molar-refractivity contribution >= 4 is 20.9 Å². The van der Waals surface area contributed by atoms with Gasteiger partial charge < -0.3 is 0 Å². The first-order valence-corrected chi connectivity index (χ1v) is 5.92. The number of fused-ring (bicyclic) bond motifs is 1. The lowest BCUT2D eigenvalue weighted by Gasteiger charge is -2.03. The molecule has 78 valence electrons. The second-order valence-corrected chi connectivity index (χ2v) is 4.85. The third-order valence-corrected chi connectivity index (χ3v) is 3.11. The van der Waals surface area contributed by atoms with E-state index < -0.39 is 10.0 Å². The Morgan fingerprint density at radius 3 is 2.60 bits per heavy atom. The Morgan fingerprint density at radius 1 is 1.20 bits per heavy atom. The molecule has 0 fully saturated rings. The molecule has 0 saturated carbocycles. The maximum Gasteiger partial charge on any atom is 0.238 e. The van der Waals surface area contributed by atoms with Crippen molar-refractivity contribution in [1.29, 1.82) is 0 Å². The lowest BCUT2D eigenvalue weighted by molar-refractivity contribution is 0.598. The Hall–Kier alpha value is -1.46. The van der Waals surface area contributed by atoms with E-state index in [0.717, 1.165) is 5.69 Å². The lowest BCUT2D eigenvalue weighted by Crippen LogP contribution is -2.12. The molecule has 0 spiro atoms. The number of nitrogens with zero attached hydrogens (tertiary/aromatic N) is 1. The highest BCUT2D eigenvalue weighted by Gasteiger charge is 2.11. The van der Waals surface area contributed by atoms with Gasteiger partial charge in [-0.25, -0.2) is 13.6 Å². The number of hydrogen-bond donors (Lipinski definition) is 1. The fourth-order valence-corrected chi connectivity index (χ4v) is 2.22. The summed E-state index contributed by atoms with van der Waals surface area (Å²) in [7, 11) is -3.68. The van der Waals surface area contributed by atoms with Gasteiger partial charge in [-0.2, -0.15) is 0 Å². The molecular weight excluding hydrogens is 212 g/mol. The van der Waals surface area contributed by atoms with Crippen molar-refractivity contribution in [3.8, 4) is 0 Å². The van der Waals surface area contributed by atoms with E-state index in [4.69, 9.17) is 5.14 Å². The van der Waals surface area contributed by atoms with Gasteiger partial charge in [-0.15, -0.1) is 0 Å². The SMILES string of the molecule is Cc1ccc2c(S(N)(=O)=O)cccc2n1. The van der Waals surface area contributed by atoms with Crippen LogP contribution in [0.1, 0.15) is 5.69 Å². The van der Waals surface area contributed by atoms with E-state index in [1.165, 1.54) is 6.07 Å². The molecule has 0 atom stereocenters. The van der Waals surface area contributed by atoms with Gasteiger partial charge in [0.2, 0.25) is 10.0 Å². The van der Waals surface area contributed by atoms with Gasteiger partial charge in [0.05, 0.1) is 10.4 Å². The normalized spacial score (nSPS) is 11.9. The number of aryl methyl sites for hydroxylation is 1. The van der Waals surface area contributed by atoms with Crippen molar-refractivity contribution in [1.82, 2.24) is 4.98 Å². The monoisotopic (exact) mass is 222 g/mol. The summed E-state index contributed by atoms with van der Waals surface area (Å²) >= 11 is 0. The zero-order chi connectivity index (χ0) is 11.1. The highest BCUT2D eigenvalue weighted by atomic mass is 32.2. The van der Waals surface area contributed by atoms with E-state index in [-0.39, 0.29) is 4.90 Å². The molecule has 15 heavy (non-hydrogen) atoms. The minimum absolute atomic E-state index is 0.118. The van der Waals surface area contributed by atoms with E-state index in [9.17, 15) is 8.42 Å². The molecule has 0 amide bonds. The molecule has 0 bridgehead atoms. The summed E-state index contributed by atoms with van der Waals surface area (Å²) in [5, 5.41) is 5.67. The van der Waals surface area contributed by atoms with Crippen molar-refractivity contribution in [2.75, 3.05) is 0 Å². The van der Waals surface area contributed by atoms with Gasteiger partial charge in [-0.05, 0) is 31.2 Å². The van der Waals surface area contributed by atoms with Crippen molar-refractivity contribution in [3.63, 3.8) is 0 Å². The number of pyridine rings is 1. The van der Waals surface area contributed by atoms with Crippen LogP contribution in [0.2, 0.25) is 0 Å². The summed E-state index contributed by atoms with van der Waals surface area (Å²) in [6.45, 7) is 1.85. The largest absolute Gasteiger partial charge is 0.253 e. The summed E-state index contributed by atoms with van der Waals surface area (Å²) in [6, 6.07) is 8.36. The highest BCUT2D eigenvalue weighted by molar-refractivity contribution is 7.89. The Bertz CT molecular complexity index is 620. The van der Waals surface area contributed by atoms with Crippen LogP contribution in [0.15, 0.2) is 35.2 Å². The van der Waals surface area contributed by atoms with E-state index in [2.05, 4.69) is 4.98 Å². The first-order valence-electron chi connectivity index (χ1n) is 4.38. The van der Waals surface area contributed by atoms with Gasteiger partial charge in [0.15, 0.2) is 0 Å². The summed E-state index contributed by atoms with van der Waals surface area (Å²) in [6.07, 6.45) is 0. The van der Waals surface area contributed by atoms with Crippen LogP contribution in [-0.4, -0.2) is 13.4 Å². The van der Waals surface area contributed by atoms with Crippen LogP contribution in [0.25, 0.3) is 10.9 Å². The van der Waals surface area contributed by atoms with Crippen molar-refractivity contribution in [2.45, 2.75) is 11.8 Å². The number of aromatic nitrogens is 1. The molecule has 0 aliphatic rings. The second-order valence-electron chi connectivity index (χ2n) is 3.32. The molecule has 4 nitrogen and oxygen atoms in total. The Morgan fingerprint density at radius 2 is 1.93 bits per heavy atom. The van der Waals surface area contributed by atoms with Crippen LogP contribution in [0.3, 0.4) is 0 Å². The molecule has 2 N–H and O–H groups in total. The lowest BCUT2D eigenvalue weighted by atomic mass is 10.2. The van der Waals surface area contributed by atoms with E-state index in [0.29, 0.717) is 10.9 Å². The molecule has 2 rings (SSSR count). The van der Waals surface area contributed by atoms with E-state index >= 15 is 0 Å². The van der Waals surface area contributed by atoms with Gasteiger partial charge in [-0.1, -0.05) is 6.07 Å². The fourth-order valence-electron chi connectivity index (χ4n) is 1.48. The van der Waals surface area contributed by atoms with Crippen LogP contribution in [0.4, 0.5) is 0 Å². The fraction of sp³-hybridized carbons (Fsp3) is 0.100. The zero-order valence-corrected chi connectivity index (χ0v) is 8.95. The molecule has 2 aromatic rings. The number of nitrogens with two attached hydrogens (primary N) is 1. The zero-order valence-electron chi connectivity index (χ0n) is 8.14. The van der Waals surface area contributed by atoms with Gasteiger partial charge in [0.1, 0.15) is 0 Å². The van der Waals surface area contributed by atoms with Crippen LogP contribution >= 0.6 is 0 Å². The van der Waals surface area contributed by atoms with Crippen LogP contribution < -0.4 is 5.14 Å². The summed E-state index contributed by atoms with van der Waals surface area (Å²) in [4.78, 5) is 4.35. The van der Waals surface area contributed by atoms with E-state index in [1.54, 1.807) is 24.3 Å². The molecule has 0 unspecified atom stereocenters.